The molecule has 0 heterocycles. The van der Waals surface area contributed by atoms with Crippen LogP contribution in [0.15, 0.2) is 18.2 Å². The molecule has 1 amide bonds. The molecule has 1 aliphatic carbocycles. The molecule has 0 spiro atoms. The summed E-state index contributed by atoms with van der Waals surface area (Å²) in [4.78, 5) is 22.8. The van der Waals surface area contributed by atoms with Gasteiger partial charge in [-0.15, -0.1) is 0 Å². The Labute approximate surface area is 110 Å². The molecule has 1 saturated carbocycles. The van der Waals surface area contributed by atoms with Crippen molar-refractivity contribution in [3.8, 4) is 5.75 Å². The highest BCUT2D eigenvalue weighted by Crippen LogP contribution is 2.41. The van der Waals surface area contributed by atoms with Crippen molar-refractivity contribution in [1.29, 1.82) is 0 Å². The Morgan fingerprint density at radius 1 is 1.37 bits per heavy atom. The van der Waals surface area contributed by atoms with Gasteiger partial charge in [-0.25, -0.2) is 4.79 Å². The molecule has 6 nitrogen and oxygen atoms in total. The lowest BCUT2D eigenvalue weighted by Gasteiger charge is -2.39. The van der Waals surface area contributed by atoms with E-state index in [1.54, 1.807) is 0 Å². The van der Waals surface area contributed by atoms with E-state index in [2.05, 4.69) is 5.32 Å². The molecule has 0 radical (unpaired) electrons. The third-order valence-electron chi connectivity index (χ3n) is 3.67. The van der Waals surface area contributed by atoms with Gasteiger partial charge in [-0.1, -0.05) is 6.42 Å². The fraction of sp³-hybridized carbons (Fsp3) is 0.385. The second kappa shape index (κ2) is 4.89. The van der Waals surface area contributed by atoms with Gasteiger partial charge in [0.2, 0.25) is 5.91 Å². The van der Waals surface area contributed by atoms with Crippen molar-refractivity contribution in [2.75, 3.05) is 11.9 Å². The van der Waals surface area contributed by atoms with E-state index in [0.29, 0.717) is 5.69 Å². The maximum absolute atomic E-state index is 12.1. The number of amides is 1. The number of rotatable bonds is 4. The molecule has 19 heavy (non-hydrogen) atoms. The predicted octanol–water partition coefficient (Wildman–Crippen LogP) is 1.16. The fourth-order valence-corrected chi connectivity index (χ4v) is 2.18. The average molecular weight is 264 g/mol. The van der Waals surface area contributed by atoms with Crippen molar-refractivity contribution in [1.82, 2.24) is 0 Å². The summed E-state index contributed by atoms with van der Waals surface area (Å²) in [5.74, 6) is -1.77. The molecule has 1 aromatic carbocycles. The van der Waals surface area contributed by atoms with Crippen LogP contribution in [-0.4, -0.2) is 28.6 Å². The first-order valence-corrected chi connectivity index (χ1v) is 6.06. The summed E-state index contributed by atoms with van der Waals surface area (Å²) in [5, 5.41) is 21.0. The molecular weight excluding hydrogens is 248 g/mol. The summed E-state index contributed by atoms with van der Waals surface area (Å²) < 4.78 is 0. The second-order valence-corrected chi connectivity index (χ2v) is 4.83. The molecule has 0 atom stereocenters. The van der Waals surface area contributed by atoms with Crippen LogP contribution in [0.5, 0.6) is 5.75 Å². The Morgan fingerprint density at radius 3 is 2.47 bits per heavy atom. The number of phenols is 1. The molecule has 0 bridgehead atoms. The predicted molar refractivity (Wildman–Crippen MR) is 69.0 cm³/mol. The van der Waals surface area contributed by atoms with Gasteiger partial charge in [0.15, 0.2) is 0 Å². The molecule has 6 heteroatoms. The van der Waals surface area contributed by atoms with Crippen LogP contribution in [0.1, 0.15) is 29.6 Å². The number of aromatic carboxylic acids is 1. The summed E-state index contributed by atoms with van der Waals surface area (Å²) in [6.07, 6.45) is 2.50. The lowest BCUT2D eigenvalue weighted by atomic mass is 9.68. The number of carbonyl (C=O) groups excluding carboxylic acids is 1. The van der Waals surface area contributed by atoms with Crippen LogP contribution in [0.4, 0.5) is 5.69 Å². The Morgan fingerprint density at radius 2 is 2.05 bits per heavy atom. The summed E-state index contributed by atoms with van der Waals surface area (Å²) >= 11 is 0. The number of hydrogen-bond donors (Lipinski definition) is 4. The SMILES string of the molecule is NCC1(C(=O)Nc2ccc(C(=O)O)c(O)c2)CCC1. The first-order valence-electron chi connectivity index (χ1n) is 6.06. The van der Waals surface area contributed by atoms with E-state index >= 15 is 0 Å². The van der Waals surface area contributed by atoms with Crippen LogP contribution in [0.25, 0.3) is 0 Å². The number of aromatic hydroxyl groups is 1. The smallest absolute Gasteiger partial charge is 0.339 e. The molecule has 0 saturated heterocycles. The molecule has 1 aliphatic rings. The quantitative estimate of drug-likeness (QED) is 0.651. The van der Waals surface area contributed by atoms with Crippen molar-refractivity contribution in [3.05, 3.63) is 23.8 Å². The fourth-order valence-electron chi connectivity index (χ4n) is 2.18. The largest absolute Gasteiger partial charge is 0.507 e. The molecule has 102 valence electrons. The molecule has 0 unspecified atom stereocenters. The number of carboxylic acids is 1. The maximum atomic E-state index is 12.1. The second-order valence-electron chi connectivity index (χ2n) is 4.83. The summed E-state index contributed by atoms with van der Waals surface area (Å²) in [6, 6.07) is 3.93. The van der Waals surface area contributed by atoms with Crippen molar-refractivity contribution in [2.24, 2.45) is 11.1 Å². The summed E-state index contributed by atoms with van der Waals surface area (Å²) in [5.41, 5.74) is 5.29. The van der Waals surface area contributed by atoms with Crippen LogP contribution in [0, 0.1) is 5.41 Å². The number of hydrogen-bond acceptors (Lipinski definition) is 4. The Balaban J connectivity index is 2.14. The van der Waals surface area contributed by atoms with Gasteiger partial charge in [0.05, 0.1) is 5.41 Å². The van der Waals surface area contributed by atoms with Gasteiger partial charge in [-0.2, -0.15) is 0 Å². The molecule has 1 aromatic rings. The molecule has 0 aliphatic heterocycles. The number of carbonyl (C=O) groups is 2. The van der Waals surface area contributed by atoms with Crippen LogP contribution in [0.2, 0.25) is 0 Å². The normalized spacial score (nSPS) is 16.5. The van der Waals surface area contributed by atoms with Gasteiger partial charge in [0.1, 0.15) is 11.3 Å². The minimum absolute atomic E-state index is 0.177. The van der Waals surface area contributed by atoms with Crippen LogP contribution in [-0.2, 0) is 4.79 Å². The van der Waals surface area contributed by atoms with Gasteiger partial charge in [0, 0.05) is 18.3 Å². The highest BCUT2D eigenvalue weighted by Gasteiger charge is 2.42. The van der Waals surface area contributed by atoms with Gasteiger partial charge in [-0.3, -0.25) is 4.79 Å². The van der Waals surface area contributed by atoms with E-state index in [1.165, 1.54) is 18.2 Å². The number of anilines is 1. The highest BCUT2D eigenvalue weighted by molar-refractivity contribution is 5.97. The zero-order chi connectivity index (χ0) is 14.0. The summed E-state index contributed by atoms with van der Waals surface area (Å²) in [6.45, 7) is 0.290. The molecule has 5 N–H and O–H groups in total. The van der Waals surface area contributed by atoms with E-state index in [9.17, 15) is 14.7 Å². The van der Waals surface area contributed by atoms with Crippen molar-refractivity contribution in [3.63, 3.8) is 0 Å². The van der Waals surface area contributed by atoms with E-state index in [1.807, 2.05) is 0 Å². The molecule has 1 fully saturated rings. The number of carboxylic acid groups (broad SMARTS) is 1. The first-order chi connectivity index (χ1) is 8.98. The van der Waals surface area contributed by atoms with Gasteiger partial charge < -0.3 is 21.3 Å². The molecule has 2 rings (SSSR count). The summed E-state index contributed by atoms with van der Waals surface area (Å²) in [7, 11) is 0. The molecule has 0 aromatic heterocycles. The minimum Gasteiger partial charge on any atom is -0.507 e. The van der Waals surface area contributed by atoms with E-state index in [4.69, 9.17) is 10.8 Å². The van der Waals surface area contributed by atoms with Crippen LogP contribution < -0.4 is 11.1 Å². The number of benzene rings is 1. The zero-order valence-electron chi connectivity index (χ0n) is 10.3. The van der Waals surface area contributed by atoms with Gasteiger partial charge in [-0.05, 0) is 25.0 Å². The topological polar surface area (TPSA) is 113 Å². The molecular formula is C13H16N2O4. The lowest BCUT2D eigenvalue weighted by molar-refractivity contribution is -0.129. The van der Waals surface area contributed by atoms with Crippen molar-refractivity contribution >= 4 is 17.6 Å². The zero-order valence-corrected chi connectivity index (χ0v) is 10.3. The highest BCUT2D eigenvalue weighted by atomic mass is 16.4. The number of nitrogens with two attached hydrogens (primary N) is 1. The lowest BCUT2D eigenvalue weighted by Crippen LogP contribution is -2.47. The van der Waals surface area contributed by atoms with E-state index in [-0.39, 0.29) is 23.8 Å². The third kappa shape index (κ3) is 2.39. The van der Waals surface area contributed by atoms with Crippen molar-refractivity contribution in [2.45, 2.75) is 19.3 Å². The van der Waals surface area contributed by atoms with Crippen molar-refractivity contribution < 1.29 is 19.8 Å². The third-order valence-corrected chi connectivity index (χ3v) is 3.67. The average Bonchev–Trinajstić information content (AvgIpc) is 2.27. The standard InChI is InChI=1S/C13H16N2O4/c14-7-13(4-1-5-13)12(19)15-8-2-3-9(11(17)18)10(16)6-8/h2-3,6,16H,1,4-5,7,14H2,(H,15,19)(H,17,18). The van der Waals surface area contributed by atoms with E-state index < -0.39 is 11.4 Å². The Kier molecular flexibility index (Phi) is 3.44. The first kappa shape index (κ1) is 13.4. The van der Waals surface area contributed by atoms with Gasteiger partial charge in [0.25, 0.3) is 0 Å². The Bertz CT molecular complexity index is 518. The number of nitrogens with one attached hydrogen (secondary N) is 1. The van der Waals surface area contributed by atoms with E-state index in [0.717, 1.165) is 19.3 Å². The van der Waals surface area contributed by atoms with Crippen LogP contribution in [0.3, 0.4) is 0 Å². The van der Waals surface area contributed by atoms with Gasteiger partial charge >= 0.3 is 5.97 Å². The monoisotopic (exact) mass is 264 g/mol. The minimum atomic E-state index is -1.22. The maximum Gasteiger partial charge on any atom is 0.339 e. The Hall–Kier alpha value is -2.08. The van der Waals surface area contributed by atoms with Crippen LogP contribution >= 0.6 is 0 Å².